The predicted octanol–water partition coefficient (Wildman–Crippen LogP) is 6.94. The van der Waals surface area contributed by atoms with Crippen molar-refractivity contribution in [2.24, 2.45) is 0 Å². The molecule has 0 radical (unpaired) electrons. The minimum absolute atomic E-state index is 0.106. The van der Waals surface area contributed by atoms with Gasteiger partial charge < -0.3 is 18.9 Å². The molecule has 0 N–H and O–H groups in total. The fraction of sp³-hybridized carbons (Fsp3) is 0.233. The second-order valence-electron chi connectivity index (χ2n) is 9.65. The molecule has 0 bridgehead atoms. The third-order valence-electron chi connectivity index (χ3n) is 7.50. The van der Waals surface area contributed by atoms with Gasteiger partial charge in [-0.3, -0.25) is 0 Å². The monoisotopic (exact) mass is 550 g/mol. The molecule has 4 aromatic carbocycles. The third kappa shape index (κ3) is 3.90. The quantitative estimate of drug-likeness (QED) is 0.135. The summed E-state index contributed by atoms with van der Waals surface area (Å²) in [6.07, 6.45) is 3.47. The minimum atomic E-state index is -4.32. The van der Waals surface area contributed by atoms with Crippen LogP contribution in [0.15, 0.2) is 59.6 Å². The normalized spacial score (nSPS) is 14.1. The first kappa shape index (κ1) is 24.2. The van der Waals surface area contributed by atoms with Crippen LogP contribution in [-0.2, 0) is 19.4 Å². The maximum Gasteiger partial charge on any atom is 0.446 e. The molecule has 0 atom stereocenters. The molecule has 0 saturated heterocycles. The zero-order chi connectivity index (χ0) is 26.9. The minimum Gasteiger partial charge on any atom is -0.493 e. The average Bonchev–Trinajstić information content (AvgIpc) is 3.39. The second-order valence-corrected chi connectivity index (χ2v) is 10.8. The molecular formula is C30H23F3NO4S+. The lowest BCUT2D eigenvalue weighted by Crippen LogP contribution is -2.38. The molecule has 0 spiro atoms. The van der Waals surface area contributed by atoms with Crippen molar-refractivity contribution >= 4 is 44.2 Å². The van der Waals surface area contributed by atoms with Gasteiger partial charge in [-0.05, 0) is 71.3 Å². The summed E-state index contributed by atoms with van der Waals surface area (Å²) in [7, 11) is 3.27. The number of alkyl halides is 3. The van der Waals surface area contributed by atoms with Crippen molar-refractivity contribution in [1.29, 1.82) is 0 Å². The van der Waals surface area contributed by atoms with Gasteiger partial charge in [0.25, 0.3) is 0 Å². The van der Waals surface area contributed by atoms with E-state index < -0.39 is 5.51 Å². The first-order valence-corrected chi connectivity index (χ1v) is 13.3. The van der Waals surface area contributed by atoms with E-state index in [2.05, 4.69) is 29.0 Å². The van der Waals surface area contributed by atoms with E-state index in [1.165, 1.54) is 17.7 Å². The molecule has 198 valence electrons. The Kier molecular flexibility index (Phi) is 5.49. The number of thioether (sulfide) groups is 1. The molecule has 3 heterocycles. The van der Waals surface area contributed by atoms with E-state index in [4.69, 9.17) is 18.9 Å². The molecule has 0 amide bonds. The van der Waals surface area contributed by atoms with Crippen LogP contribution in [0.3, 0.4) is 0 Å². The van der Waals surface area contributed by atoms with Crippen LogP contribution in [0.5, 0.6) is 23.0 Å². The van der Waals surface area contributed by atoms with Crippen molar-refractivity contribution in [3.63, 3.8) is 0 Å². The van der Waals surface area contributed by atoms with Gasteiger partial charge in [0.15, 0.2) is 35.7 Å². The summed E-state index contributed by atoms with van der Waals surface area (Å²) in [6, 6.07) is 14.8. The predicted molar refractivity (Wildman–Crippen MR) is 143 cm³/mol. The van der Waals surface area contributed by atoms with E-state index in [1.807, 2.05) is 6.07 Å². The Labute approximate surface area is 226 Å². The molecule has 0 fully saturated rings. The van der Waals surface area contributed by atoms with Crippen LogP contribution in [0, 0.1) is 0 Å². The molecule has 9 heteroatoms. The number of benzene rings is 4. The van der Waals surface area contributed by atoms with Crippen molar-refractivity contribution in [3.8, 4) is 23.0 Å². The molecule has 39 heavy (non-hydrogen) atoms. The topological polar surface area (TPSA) is 40.8 Å². The van der Waals surface area contributed by atoms with Crippen LogP contribution in [-0.4, -0.2) is 26.5 Å². The number of nitrogens with zero attached hydrogens (tertiary/aromatic N) is 1. The molecule has 7 rings (SSSR count). The highest BCUT2D eigenvalue weighted by atomic mass is 32.2. The zero-order valence-corrected chi connectivity index (χ0v) is 22.0. The van der Waals surface area contributed by atoms with E-state index in [0.717, 1.165) is 68.0 Å². The van der Waals surface area contributed by atoms with Crippen LogP contribution in [0.25, 0.3) is 32.4 Å². The molecule has 0 unspecified atom stereocenters. The molecule has 0 saturated carbocycles. The number of ether oxygens (including phenoxy) is 4. The molecule has 5 aromatic rings. The fourth-order valence-corrected chi connectivity index (χ4v) is 6.48. The first-order chi connectivity index (χ1) is 18.8. The highest BCUT2D eigenvalue weighted by Gasteiger charge is 2.32. The Bertz CT molecular complexity index is 1800. The van der Waals surface area contributed by atoms with Crippen LogP contribution >= 0.6 is 11.8 Å². The number of pyridine rings is 1. The van der Waals surface area contributed by atoms with Gasteiger partial charge in [-0.1, -0.05) is 12.1 Å². The van der Waals surface area contributed by atoms with Crippen LogP contribution in [0.2, 0.25) is 0 Å². The molecule has 5 nitrogen and oxygen atoms in total. The summed E-state index contributed by atoms with van der Waals surface area (Å²) in [6.45, 7) is 0.954. The Hall–Kier alpha value is -3.85. The number of rotatable bonds is 5. The van der Waals surface area contributed by atoms with E-state index in [1.54, 1.807) is 26.4 Å². The number of aromatic nitrogens is 1. The maximum atomic E-state index is 12.9. The Morgan fingerprint density at radius 3 is 2.49 bits per heavy atom. The van der Waals surface area contributed by atoms with E-state index >= 15 is 0 Å². The Balaban J connectivity index is 1.50. The molecule has 0 aliphatic carbocycles. The van der Waals surface area contributed by atoms with E-state index in [9.17, 15) is 13.2 Å². The third-order valence-corrected chi connectivity index (χ3v) is 8.24. The van der Waals surface area contributed by atoms with Crippen molar-refractivity contribution < 1.29 is 36.7 Å². The van der Waals surface area contributed by atoms with Gasteiger partial charge in [-0.2, -0.15) is 17.7 Å². The van der Waals surface area contributed by atoms with Crippen molar-refractivity contribution in [2.75, 3.05) is 21.0 Å². The number of fused-ring (bicyclic) bond motifs is 4. The largest absolute Gasteiger partial charge is 0.493 e. The van der Waals surface area contributed by atoms with Gasteiger partial charge in [0.05, 0.1) is 30.4 Å². The van der Waals surface area contributed by atoms with Gasteiger partial charge in [0.2, 0.25) is 12.3 Å². The van der Waals surface area contributed by atoms with E-state index in [-0.39, 0.29) is 23.5 Å². The first-order valence-electron chi connectivity index (χ1n) is 12.5. The summed E-state index contributed by atoms with van der Waals surface area (Å²) in [4.78, 5) is 0.164. The standard InChI is InChI=1S/C30H23F3NO4S/c1-35-23-8-7-20-21-12-18(11-16-3-5-19(6-4-16)39-30(31,32)33)26-25-17(13-24-29(26)38-15-37-24)9-10-34(27(21)25)14-22(20)28(23)36-2/h3-8,12-14H,9-11,15H2,1-2H3/q+1. The van der Waals surface area contributed by atoms with Crippen molar-refractivity contribution in [3.05, 3.63) is 71.4 Å². The number of aryl methyl sites for hydroxylation is 2. The summed E-state index contributed by atoms with van der Waals surface area (Å²) >= 11 is -0.106. The smallest absolute Gasteiger partial charge is 0.446 e. The second kappa shape index (κ2) is 8.84. The fourth-order valence-electron chi connectivity index (χ4n) is 5.94. The molecule has 2 aliphatic rings. The average molecular weight is 551 g/mol. The molecular weight excluding hydrogens is 527 g/mol. The van der Waals surface area contributed by atoms with Crippen molar-refractivity contribution in [1.82, 2.24) is 0 Å². The van der Waals surface area contributed by atoms with Crippen LogP contribution in [0.4, 0.5) is 13.2 Å². The zero-order valence-electron chi connectivity index (χ0n) is 21.1. The summed E-state index contributed by atoms with van der Waals surface area (Å²) < 4.78 is 64.0. The van der Waals surface area contributed by atoms with Crippen LogP contribution in [0.1, 0.15) is 16.7 Å². The Morgan fingerprint density at radius 1 is 0.923 bits per heavy atom. The number of hydrogen-bond acceptors (Lipinski definition) is 5. The highest BCUT2D eigenvalue weighted by Crippen LogP contribution is 2.48. The van der Waals surface area contributed by atoms with Gasteiger partial charge in [-0.25, -0.2) is 0 Å². The lowest BCUT2D eigenvalue weighted by molar-refractivity contribution is -0.670. The highest BCUT2D eigenvalue weighted by molar-refractivity contribution is 8.00. The summed E-state index contributed by atoms with van der Waals surface area (Å²) in [5.41, 5.74) is -0.0845. The number of methoxy groups -OCH3 is 2. The maximum absolute atomic E-state index is 12.9. The van der Waals surface area contributed by atoms with E-state index in [0.29, 0.717) is 17.9 Å². The number of halogens is 3. The molecule has 2 aliphatic heterocycles. The van der Waals surface area contributed by atoms with Crippen LogP contribution < -0.4 is 23.5 Å². The van der Waals surface area contributed by atoms with Gasteiger partial charge >= 0.3 is 5.51 Å². The number of hydrogen-bond donors (Lipinski definition) is 0. The lowest BCUT2D eigenvalue weighted by Gasteiger charge is -2.20. The van der Waals surface area contributed by atoms with Gasteiger partial charge in [0.1, 0.15) is 0 Å². The Morgan fingerprint density at radius 2 is 1.74 bits per heavy atom. The van der Waals surface area contributed by atoms with Crippen molar-refractivity contribution in [2.45, 2.75) is 29.8 Å². The summed E-state index contributed by atoms with van der Waals surface area (Å²) in [5, 5.41) is 5.17. The van der Waals surface area contributed by atoms with Gasteiger partial charge in [-0.15, -0.1) is 0 Å². The molecule has 1 aromatic heterocycles. The van der Waals surface area contributed by atoms with Gasteiger partial charge in [0, 0.05) is 22.1 Å². The summed E-state index contributed by atoms with van der Waals surface area (Å²) in [5.74, 6) is 2.79. The lowest BCUT2D eigenvalue weighted by atomic mass is 9.88. The SMILES string of the molecule is COc1ccc2c(c[n+]3c4c2cc(Cc2ccc(SC(F)(F)F)cc2)c2c5c(cc(c24)CC3)OCO5)c1OC.